The monoisotopic (exact) mass is 352 g/mol. The number of aromatic nitrogens is 1. The smallest absolute Gasteiger partial charge is 0.245 e. The van der Waals surface area contributed by atoms with Gasteiger partial charge in [0.1, 0.15) is 17.3 Å². The van der Waals surface area contributed by atoms with Crippen molar-refractivity contribution >= 4 is 17.9 Å². The Kier molecular flexibility index (Phi) is 4.88. The van der Waals surface area contributed by atoms with Gasteiger partial charge in [-0.15, -0.1) is 0 Å². The minimum Gasteiger partial charge on any atom is -0.508 e. The van der Waals surface area contributed by atoms with Gasteiger partial charge in [0.2, 0.25) is 5.91 Å². The fourth-order valence-corrected chi connectivity index (χ4v) is 2.79. The van der Waals surface area contributed by atoms with Gasteiger partial charge in [-0.1, -0.05) is 6.58 Å². The molecule has 1 aromatic carbocycles. The van der Waals surface area contributed by atoms with Crippen molar-refractivity contribution < 1.29 is 14.6 Å². The summed E-state index contributed by atoms with van der Waals surface area (Å²) in [6.07, 6.45) is 2.42. The molecule has 7 nitrogen and oxygen atoms in total. The van der Waals surface area contributed by atoms with Gasteiger partial charge in [0.25, 0.3) is 0 Å². The van der Waals surface area contributed by atoms with Crippen LogP contribution in [0.25, 0.3) is 11.3 Å². The van der Waals surface area contributed by atoms with E-state index in [-0.39, 0.29) is 23.4 Å². The molecule has 2 heterocycles. The number of ether oxygens (including phenoxy) is 1. The molecular weight excluding hydrogens is 332 g/mol. The van der Waals surface area contributed by atoms with E-state index in [1.165, 1.54) is 6.08 Å². The molecular formula is C19H20N4O3. The molecule has 0 aliphatic carbocycles. The molecule has 134 valence electrons. The average Bonchev–Trinajstić information content (AvgIpc) is 2.60. The number of pyridine rings is 1. The lowest BCUT2D eigenvalue weighted by Gasteiger charge is -2.38. The predicted octanol–water partition coefficient (Wildman–Crippen LogP) is 2.06. The summed E-state index contributed by atoms with van der Waals surface area (Å²) in [6, 6.07) is 8.33. The van der Waals surface area contributed by atoms with Crippen molar-refractivity contribution in [1.29, 1.82) is 5.41 Å². The molecule has 1 aliphatic rings. The van der Waals surface area contributed by atoms with Gasteiger partial charge < -0.3 is 25.9 Å². The number of nitrogens with zero attached hydrogens (tertiary/aromatic N) is 2. The number of likely N-dealkylation sites (tertiary alicyclic amines) is 1. The summed E-state index contributed by atoms with van der Waals surface area (Å²) in [5, 5.41) is 17.0. The van der Waals surface area contributed by atoms with Crippen LogP contribution >= 0.6 is 0 Å². The van der Waals surface area contributed by atoms with Crippen LogP contribution < -0.4 is 10.5 Å². The summed E-state index contributed by atoms with van der Waals surface area (Å²) in [5.41, 5.74) is 7.78. The van der Waals surface area contributed by atoms with Gasteiger partial charge in [-0.05, 0) is 30.3 Å². The lowest BCUT2D eigenvalue weighted by Crippen LogP contribution is -2.51. The van der Waals surface area contributed by atoms with Gasteiger partial charge in [-0.2, -0.15) is 0 Å². The molecule has 0 saturated carbocycles. The first-order valence-electron chi connectivity index (χ1n) is 8.16. The molecule has 0 unspecified atom stereocenters. The minimum atomic E-state index is -0.0794. The van der Waals surface area contributed by atoms with Gasteiger partial charge in [-0.3, -0.25) is 4.79 Å². The zero-order valence-electron chi connectivity index (χ0n) is 14.2. The average molecular weight is 352 g/mol. The maximum atomic E-state index is 11.5. The number of carbonyl (C=O) groups excluding carboxylic acids is 1. The van der Waals surface area contributed by atoms with Crippen LogP contribution in [0.2, 0.25) is 0 Å². The Labute approximate surface area is 151 Å². The van der Waals surface area contributed by atoms with Crippen molar-refractivity contribution in [3.05, 3.63) is 48.6 Å². The molecule has 4 N–H and O–H groups in total. The third kappa shape index (κ3) is 3.51. The second-order valence-corrected chi connectivity index (χ2v) is 6.12. The Hall–Kier alpha value is -3.35. The molecule has 0 bridgehead atoms. The van der Waals surface area contributed by atoms with Crippen LogP contribution in [0, 0.1) is 11.3 Å². The maximum Gasteiger partial charge on any atom is 0.245 e. The number of benzene rings is 1. The third-order valence-corrected chi connectivity index (χ3v) is 4.28. The van der Waals surface area contributed by atoms with Gasteiger partial charge in [0.05, 0.1) is 17.9 Å². The molecule has 1 aromatic heterocycles. The summed E-state index contributed by atoms with van der Waals surface area (Å²) in [6.45, 7) is 5.13. The lowest BCUT2D eigenvalue weighted by molar-refractivity contribution is -0.132. The van der Waals surface area contributed by atoms with Crippen LogP contribution in [0.1, 0.15) is 5.56 Å². The number of nitrogens with two attached hydrogens (primary N) is 1. The second kappa shape index (κ2) is 7.26. The number of hydrogen-bond donors (Lipinski definition) is 3. The fourth-order valence-electron chi connectivity index (χ4n) is 2.79. The van der Waals surface area contributed by atoms with E-state index in [0.717, 1.165) is 11.8 Å². The fraction of sp³-hybridized carbons (Fsp3) is 0.211. The molecule has 3 rings (SSSR count). The number of nitrogen functional groups attached to an aromatic ring is 1. The zero-order valence-corrected chi connectivity index (χ0v) is 14.2. The van der Waals surface area contributed by atoms with Crippen molar-refractivity contribution in [3.8, 4) is 22.8 Å². The summed E-state index contributed by atoms with van der Waals surface area (Å²) in [5.74, 6) is 0.993. The van der Waals surface area contributed by atoms with Crippen LogP contribution in [0.4, 0.5) is 5.82 Å². The summed E-state index contributed by atoms with van der Waals surface area (Å²) in [7, 11) is 0. The predicted molar refractivity (Wildman–Crippen MR) is 99.4 cm³/mol. The molecule has 7 heteroatoms. The lowest BCUT2D eigenvalue weighted by atomic mass is 10.0. The Balaban J connectivity index is 1.75. The number of aromatic hydroxyl groups is 1. The van der Waals surface area contributed by atoms with E-state index in [1.807, 2.05) is 0 Å². The van der Waals surface area contributed by atoms with Crippen molar-refractivity contribution in [1.82, 2.24) is 9.88 Å². The van der Waals surface area contributed by atoms with E-state index in [2.05, 4.69) is 11.6 Å². The molecule has 1 aliphatic heterocycles. The summed E-state index contributed by atoms with van der Waals surface area (Å²) < 4.78 is 5.88. The van der Waals surface area contributed by atoms with E-state index in [9.17, 15) is 9.90 Å². The molecule has 26 heavy (non-hydrogen) atoms. The van der Waals surface area contributed by atoms with Gasteiger partial charge in [-0.25, -0.2) is 4.98 Å². The topological polar surface area (TPSA) is 113 Å². The van der Waals surface area contributed by atoms with Gasteiger partial charge >= 0.3 is 0 Å². The number of hydrogen-bond acceptors (Lipinski definition) is 6. The zero-order chi connectivity index (χ0) is 18.7. The summed E-state index contributed by atoms with van der Waals surface area (Å²) >= 11 is 0. The van der Waals surface area contributed by atoms with E-state index in [4.69, 9.17) is 15.9 Å². The number of anilines is 1. The van der Waals surface area contributed by atoms with E-state index >= 15 is 0 Å². The van der Waals surface area contributed by atoms with Crippen LogP contribution in [0.3, 0.4) is 0 Å². The van der Waals surface area contributed by atoms with Crippen LogP contribution in [-0.2, 0) is 4.79 Å². The van der Waals surface area contributed by atoms with E-state index in [1.54, 1.807) is 35.2 Å². The highest BCUT2D eigenvalue weighted by Gasteiger charge is 2.30. The quantitative estimate of drug-likeness (QED) is 0.544. The molecule has 0 radical (unpaired) electrons. The standard InChI is InChI=1S/C19H20N4O3/c1-2-18(25)23-9-12(10-23)11-26-17-7-16(22-19(21)15(17)8-20)13-3-5-14(24)6-4-13/h2-8,12,20,24H,1,9-11H2,(H2,21,22). The van der Waals surface area contributed by atoms with E-state index < -0.39 is 0 Å². The van der Waals surface area contributed by atoms with Crippen LogP contribution in [0.15, 0.2) is 43.0 Å². The van der Waals surface area contributed by atoms with Crippen molar-refractivity contribution in [2.45, 2.75) is 0 Å². The van der Waals surface area contributed by atoms with Crippen molar-refractivity contribution in [3.63, 3.8) is 0 Å². The summed E-state index contributed by atoms with van der Waals surface area (Å²) in [4.78, 5) is 17.5. The first-order chi connectivity index (χ1) is 12.5. The Morgan fingerprint density at radius 1 is 1.42 bits per heavy atom. The second-order valence-electron chi connectivity index (χ2n) is 6.12. The number of phenols is 1. The molecule has 0 spiro atoms. The Morgan fingerprint density at radius 3 is 2.73 bits per heavy atom. The largest absolute Gasteiger partial charge is 0.508 e. The Bertz CT molecular complexity index is 843. The SMILES string of the molecule is C=CC(=O)N1CC(COc2cc(-c3ccc(O)cc3)nc(N)c2C=N)C1. The first kappa shape index (κ1) is 17.5. The molecule has 1 amide bonds. The van der Waals surface area contributed by atoms with Gasteiger partial charge in [0, 0.05) is 36.9 Å². The molecule has 1 fully saturated rings. The van der Waals surface area contributed by atoms with Crippen LogP contribution in [0.5, 0.6) is 11.5 Å². The maximum absolute atomic E-state index is 11.5. The molecule has 0 atom stereocenters. The number of amides is 1. The normalized spacial score (nSPS) is 13.8. The highest BCUT2D eigenvalue weighted by Crippen LogP contribution is 2.30. The van der Waals surface area contributed by atoms with Crippen LogP contribution in [-0.4, -0.2) is 46.8 Å². The Morgan fingerprint density at radius 2 is 2.12 bits per heavy atom. The number of carbonyl (C=O) groups is 1. The highest BCUT2D eigenvalue weighted by molar-refractivity contribution is 5.89. The minimum absolute atomic E-state index is 0.0794. The van der Waals surface area contributed by atoms with E-state index in [0.29, 0.717) is 36.7 Å². The number of rotatable bonds is 6. The highest BCUT2D eigenvalue weighted by atomic mass is 16.5. The van der Waals surface area contributed by atoms with Gasteiger partial charge in [0.15, 0.2) is 0 Å². The number of nitrogens with one attached hydrogen (secondary N) is 1. The molecule has 1 saturated heterocycles. The third-order valence-electron chi connectivity index (χ3n) is 4.28. The number of phenolic OH excluding ortho intramolecular Hbond substituents is 1. The van der Waals surface area contributed by atoms with Crippen molar-refractivity contribution in [2.75, 3.05) is 25.4 Å². The van der Waals surface area contributed by atoms with Crippen molar-refractivity contribution in [2.24, 2.45) is 5.92 Å². The molecule has 2 aromatic rings. The first-order valence-corrected chi connectivity index (χ1v) is 8.16.